The second kappa shape index (κ2) is 6.62. The minimum Gasteiger partial charge on any atom is -0.355 e. The van der Waals surface area contributed by atoms with Gasteiger partial charge >= 0.3 is 0 Å². The van der Waals surface area contributed by atoms with E-state index >= 15 is 0 Å². The van der Waals surface area contributed by atoms with Gasteiger partial charge in [0.25, 0.3) is 0 Å². The minimum atomic E-state index is 0.687. The van der Waals surface area contributed by atoms with Crippen LogP contribution in [-0.2, 0) is 6.42 Å². The van der Waals surface area contributed by atoms with E-state index in [1.807, 2.05) is 19.1 Å². The Morgan fingerprint density at radius 1 is 1.14 bits per heavy atom. The molecule has 3 nitrogen and oxygen atoms in total. The number of hydrogen-bond donors (Lipinski definition) is 0. The molecule has 1 aromatic heterocycles. The highest BCUT2D eigenvalue weighted by Gasteiger charge is 2.22. The molecule has 1 saturated heterocycles. The van der Waals surface area contributed by atoms with Crippen LogP contribution in [0.25, 0.3) is 0 Å². The quantitative estimate of drug-likeness (QED) is 0.865. The van der Waals surface area contributed by atoms with Crippen molar-refractivity contribution in [1.82, 2.24) is 4.98 Å². The van der Waals surface area contributed by atoms with Crippen LogP contribution in [0, 0.1) is 24.2 Å². The van der Waals surface area contributed by atoms with Gasteiger partial charge in [-0.25, -0.2) is 4.98 Å². The van der Waals surface area contributed by atoms with Gasteiger partial charge in [-0.1, -0.05) is 30.3 Å². The number of pyridine rings is 1. The van der Waals surface area contributed by atoms with Gasteiger partial charge in [0, 0.05) is 18.8 Å². The van der Waals surface area contributed by atoms with Crippen molar-refractivity contribution in [3.63, 3.8) is 0 Å². The van der Waals surface area contributed by atoms with Gasteiger partial charge in [0.1, 0.15) is 11.9 Å². The number of nitrogens with zero attached hydrogens (tertiary/aromatic N) is 3. The third kappa shape index (κ3) is 3.28. The summed E-state index contributed by atoms with van der Waals surface area (Å²) in [7, 11) is 0. The zero-order valence-electron chi connectivity index (χ0n) is 13.0. The van der Waals surface area contributed by atoms with E-state index in [2.05, 4.69) is 46.3 Å². The second-order valence-corrected chi connectivity index (χ2v) is 6.06. The number of nitriles is 1. The van der Waals surface area contributed by atoms with Crippen molar-refractivity contribution in [3.05, 3.63) is 59.3 Å². The zero-order valence-corrected chi connectivity index (χ0v) is 13.0. The molecule has 2 aromatic rings. The van der Waals surface area contributed by atoms with Crippen LogP contribution in [0.1, 0.15) is 29.7 Å². The smallest absolute Gasteiger partial charge is 0.146 e. The van der Waals surface area contributed by atoms with Crippen LogP contribution >= 0.6 is 0 Å². The summed E-state index contributed by atoms with van der Waals surface area (Å²) in [4.78, 5) is 6.85. The summed E-state index contributed by atoms with van der Waals surface area (Å²) in [6.45, 7) is 3.96. The highest BCUT2D eigenvalue weighted by molar-refractivity contribution is 5.54. The summed E-state index contributed by atoms with van der Waals surface area (Å²) in [6.07, 6.45) is 3.48. The molecule has 1 aromatic carbocycles. The van der Waals surface area contributed by atoms with E-state index in [0.29, 0.717) is 5.56 Å². The number of piperidine rings is 1. The van der Waals surface area contributed by atoms with E-state index in [4.69, 9.17) is 0 Å². The first-order chi connectivity index (χ1) is 10.8. The van der Waals surface area contributed by atoms with Gasteiger partial charge in [0.2, 0.25) is 0 Å². The van der Waals surface area contributed by atoms with Crippen molar-refractivity contribution in [3.8, 4) is 6.07 Å². The molecule has 0 atom stereocenters. The molecule has 1 aliphatic heterocycles. The average molecular weight is 291 g/mol. The molecule has 0 radical (unpaired) electrons. The lowest BCUT2D eigenvalue weighted by Crippen LogP contribution is -2.35. The lowest BCUT2D eigenvalue weighted by molar-refractivity contribution is 0.402. The molecule has 0 amide bonds. The van der Waals surface area contributed by atoms with E-state index in [9.17, 15) is 5.26 Å². The first-order valence-corrected chi connectivity index (χ1v) is 7.93. The lowest BCUT2D eigenvalue weighted by atomic mass is 9.90. The number of anilines is 1. The zero-order chi connectivity index (χ0) is 15.4. The molecule has 0 spiro atoms. The Morgan fingerprint density at radius 3 is 2.55 bits per heavy atom. The summed E-state index contributed by atoms with van der Waals surface area (Å²) in [5.41, 5.74) is 3.08. The Kier molecular flexibility index (Phi) is 4.39. The van der Waals surface area contributed by atoms with Crippen molar-refractivity contribution < 1.29 is 0 Å². The Labute approximate surface area is 132 Å². The Balaban J connectivity index is 1.65. The van der Waals surface area contributed by atoms with E-state index in [-0.39, 0.29) is 0 Å². The van der Waals surface area contributed by atoms with Crippen molar-refractivity contribution in [1.29, 1.82) is 5.26 Å². The van der Waals surface area contributed by atoms with Crippen molar-refractivity contribution >= 4 is 5.82 Å². The highest BCUT2D eigenvalue weighted by Crippen LogP contribution is 2.26. The third-order valence-electron chi connectivity index (χ3n) is 4.42. The maximum absolute atomic E-state index is 9.27. The maximum atomic E-state index is 9.27. The fourth-order valence-electron chi connectivity index (χ4n) is 3.17. The van der Waals surface area contributed by atoms with Crippen molar-refractivity contribution in [2.45, 2.75) is 26.2 Å². The molecule has 0 bridgehead atoms. The Hall–Kier alpha value is -2.34. The number of aryl methyl sites for hydroxylation is 1. The normalized spacial score (nSPS) is 15.5. The molecule has 3 rings (SSSR count). The third-order valence-corrected chi connectivity index (χ3v) is 4.42. The van der Waals surface area contributed by atoms with E-state index in [1.165, 1.54) is 5.56 Å². The average Bonchev–Trinajstić information content (AvgIpc) is 2.56. The van der Waals surface area contributed by atoms with Gasteiger partial charge in [-0.15, -0.1) is 0 Å². The van der Waals surface area contributed by atoms with E-state index in [1.54, 1.807) is 0 Å². The van der Waals surface area contributed by atoms with Crippen LogP contribution < -0.4 is 4.90 Å². The predicted molar refractivity (Wildman–Crippen MR) is 88.8 cm³/mol. The van der Waals surface area contributed by atoms with E-state index < -0.39 is 0 Å². The molecule has 3 heteroatoms. The molecule has 0 aliphatic carbocycles. The van der Waals surface area contributed by atoms with Crippen molar-refractivity contribution in [2.75, 3.05) is 18.0 Å². The highest BCUT2D eigenvalue weighted by atomic mass is 15.2. The maximum Gasteiger partial charge on any atom is 0.146 e. The van der Waals surface area contributed by atoms with Crippen LogP contribution in [0.2, 0.25) is 0 Å². The molecule has 0 N–H and O–H groups in total. The molecule has 2 heterocycles. The number of benzene rings is 1. The van der Waals surface area contributed by atoms with E-state index in [0.717, 1.165) is 49.8 Å². The van der Waals surface area contributed by atoms with Gasteiger partial charge < -0.3 is 4.90 Å². The van der Waals surface area contributed by atoms with Crippen LogP contribution in [0.15, 0.2) is 42.5 Å². The molecule has 1 fully saturated rings. The minimum absolute atomic E-state index is 0.687. The van der Waals surface area contributed by atoms with Gasteiger partial charge in [0.05, 0.1) is 5.56 Å². The van der Waals surface area contributed by atoms with Gasteiger partial charge in [0.15, 0.2) is 0 Å². The second-order valence-electron chi connectivity index (χ2n) is 6.06. The van der Waals surface area contributed by atoms with Crippen LogP contribution in [0.3, 0.4) is 0 Å². The number of aromatic nitrogens is 1. The fourth-order valence-corrected chi connectivity index (χ4v) is 3.17. The van der Waals surface area contributed by atoms with Crippen LogP contribution in [0.4, 0.5) is 5.82 Å². The summed E-state index contributed by atoms with van der Waals surface area (Å²) >= 11 is 0. The summed E-state index contributed by atoms with van der Waals surface area (Å²) < 4.78 is 0. The molecular weight excluding hydrogens is 270 g/mol. The number of hydrogen-bond acceptors (Lipinski definition) is 3. The number of rotatable bonds is 3. The molecule has 0 unspecified atom stereocenters. The topological polar surface area (TPSA) is 39.9 Å². The lowest BCUT2D eigenvalue weighted by Gasteiger charge is -2.33. The fraction of sp³-hybridized carbons (Fsp3) is 0.368. The SMILES string of the molecule is Cc1ccc(C#N)c(N2CCC(Cc3ccccc3)CC2)n1. The van der Waals surface area contributed by atoms with Crippen LogP contribution in [-0.4, -0.2) is 18.1 Å². The Bertz CT molecular complexity index is 665. The van der Waals surface area contributed by atoms with Crippen molar-refractivity contribution in [2.24, 2.45) is 5.92 Å². The Morgan fingerprint density at radius 2 is 1.86 bits per heavy atom. The summed E-state index contributed by atoms with van der Waals surface area (Å²) in [6, 6.07) is 16.8. The first kappa shape index (κ1) is 14.6. The standard InChI is InChI=1S/C19H21N3/c1-15-7-8-18(14-20)19(21-15)22-11-9-17(10-12-22)13-16-5-3-2-4-6-16/h2-8,17H,9-13H2,1H3. The first-order valence-electron chi connectivity index (χ1n) is 7.93. The monoisotopic (exact) mass is 291 g/mol. The predicted octanol–water partition coefficient (Wildman–Crippen LogP) is 3.72. The summed E-state index contributed by atoms with van der Waals surface area (Å²) in [5, 5.41) is 9.27. The van der Waals surface area contributed by atoms with Gasteiger partial charge in [-0.2, -0.15) is 5.26 Å². The summed E-state index contributed by atoms with van der Waals surface area (Å²) in [5.74, 6) is 1.59. The molecular formula is C19H21N3. The molecule has 22 heavy (non-hydrogen) atoms. The van der Waals surface area contributed by atoms with Crippen LogP contribution in [0.5, 0.6) is 0 Å². The molecule has 1 aliphatic rings. The molecule has 0 saturated carbocycles. The van der Waals surface area contributed by atoms with Gasteiger partial charge in [-0.05, 0) is 49.8 Å². The van der Waals surface area contributed by atoms with Gasteiger partial charge in [-0.3, -0.25) is 0 Å². The molecule has 112 valence electrons. The largest absolute Gasteiger partial charge is 0.355 e.